The lowest BCUT2D eigenvalue weighted by atomic mass is 9.90. The molecule has 13 heterocycles. The molecule has 2 unspecified atom stereocenters. The summed E-state index contributed by atoms with van der Waals surface area (Å²) in [5, 5.41) is 0. The zero-order valence-electron chi connectivity index (χ0n) is 84.5. The first-order chi connectivity index (χ1) is 58.3. The molecule has 0 radical (unpaired) electrons. The van der Waals surface area contributed by atoms with Gasteiger partial charge in [-0.25, -0.2) is 9.97 Å². The molecule has 0 aliphatic carbocycles. The van der Waals surface area contributed by atoms with E-state index in [0.29, 0.717) is 39.9 Å². The number of ether oxygens (including phenoxy) is 2. The molecule has 1 aromatic carbocycles. The summed E-state index contributed by atoms with van der Waals surface area (Å²) in [7, 11) is 0. The summed E-state index contributed by atoms with van der Waals surface area (Å²) >= 11 is 0. The topological polar surface area (TPSA) is 115 Å². The van der Waals surface area contributed by atoms with Crippen LogP contribution in [-0.2, 0) is 51.9 Å². The highest BCUT2D eigenvalue weighted by Crippen LogP contribution is 2.33. The average molecular weight is 1710 g/mol. The van der Waals surface area contributed by atoms with Gasteiger partial charge in [-0.2, -0.15) is 0 Å². The number of benzene rings is 1. The van der Waals surface area contributed by atoms with E-state index in [-0.39, 0.29) is 11.1 Å². The number of likely N-dealkylation sites (tertiary alicyclic amines) is 7. The van der Waals surface area contributed by atoms with E-state index in [0.717, 1.165) is 98.5 Å². The Hall–Kier alpha value is -6.05. The van der Waals surface area contributed by atoms with Gasteiger partial charge in [0.25, 0.3) is 0 Å². The van der Waals surface area contributed by atoms with Gasteiger partial charge in [-0.15, -0.1) is 0 Å². The first-order valence-corrected chi connectivity index (χ1v) is 49.3. The van der Waals surface area contributed by atoms with E-state index in [1.165, 1.54) is 221 Å². The van der Waals surface area contributed by atoms with E-state index in [9.17, 15) is 0 Å². The van der Waals surface area contributed by atoms with Crippen molar-refractivity contribution in [2.24, 2.45) is 29.6 Å². The number of aryl methyl sites for hydroxylation is 6. The fourth-order valence-electron chi connectivity index (χ4n) is 19.2. The van der Waals surface area contributed by atoms with Gasteiger partial charge in [0, 0.05) is 171 Å². The molecule has 0 spiro atoms. The van der Waals surface area contributed by atoms with Crippen molar-refractivity contribution in [2.75, 3.05) is 91.6 Å². The Morgan fingerprint density at radius 3 is 1.00 bits per heavy atom. The molecule has 7 atom stereocenters. The number of imidazole rings is 2. The van der Waals surface area contributed by atoms with Gasteiger partial charge >= 0.3 is 0 Å². The van der Waals surface area contributed by atoms with Crippen molar-refractivity contribution in [1.82, 2.24) is 72.5 Å². The molecule has 1 N–H and O–H groups in total. The number of nitrogens with one attached hydrogen (secondary N) is 1. The predicted molar refractivity (Wildman–Crippen MR) is 526 cm³/mol. The smallest absolute Gasteiger partial charge is 0.138 e. The quantitative estimate of drug-likeness (QED) is 0.0936. The molecular weight excluding hydrogens is 1530 g/mol. The maximum atomic E-state index is 6.04. The second-order valence-electron chi connectivity index (χ2n) is 45.0. The number of aromatic nitrogens is 8. The molecule has 17 heteroatoms. The molecule has 0 saturated carbocycles. The van der Waals surface area contributed by atoms with Gasteiger partial charge in [0.15, 0.2) is 0 Å². The predicted octanol–water partition coefficient (Wildman–Crippen LogP) is 22.8. The van der Waals surface area contributed by atoms with Gasteiger partial charge in [-0.3, -0.25) is 39.3 Å². The Bertz CT molecular complexity index is 3880. The molecule has 0 bridgehead atoms. The van der Waals surface area contributed by atoms with Gasteiger partial charge in [0.05, 0.1) is 18.2 Å². The first-order valence-electron chi connectivity index (χ1n) is 49.3. The summed E-state index contributed by atoms with van der Waals surface area (Å²) in [4.78, 5) is 34.4. The van der Waals surface area contributed by atoms with E-state index in [1.807, 2.05) is 61.8 Å². The van der Waals surface area contributed by atoms with Gasteiger partial charge in [-0.05, 0) is 423 Å². The van der Waals surface area contributed by atoms with Crippen LogP contribution in [-0.4, -0.2) is 215 Å². The van der Waals surface area contributed by atoms with E-state index < -0.39 is 0 Å². The number of pyridine rings is 1. The zero-order valence-corrected chi connectivity index (χ0v) is 84.5. The maximum Gasteiger partial charge on any atom is 0.138 e. The number of hydrogen-bond acceptors (Lipinski definition) is 12. The standard InChI is InChI=1S/C16H29N3.3C16H28N2.C15H24N2O.C15H23NO.C13H23N3/c1-12-13(2)19(14(3)17-12)11-15-8-7-9-18(10-15)16(4,5)6;3*1-5-14-8-10-17(11-14)12-15-7-6-9-18(13-15)16(2,3)4;1-12-7-8-13(10-16-12)18-14-6-5-9-17(11-14)15(2,3)4;1-15(2,3)16-11-7-10-14(12-16)17-13-8-5-4-6-9-13;1-13(2,3)16-6-4-5-11(9-16)7-12-8-14-10-15-12/h15H,7-11H2,1-6H3;3*8,10-11,15H,5-7,9,12-13H2,1-4H3;7-8,10,14H,5-6,9,11H2,1-4H3;4-6,8-9,14H,7,10-12H2,1-3H3;8,10-11H,4-7,9H2,1-3H3,(H,14,15)/t4*15-;;;11-/m0110..0/s1. The summed E-state index contributed by atoms with van der Waals surface area (Å²) in [5.74, 6) is 7.05. The van der Waals surface area contributed by atoms with E-state index >= 15 is 0 Å². The Morgan fingerprint density at radius 1 is 0.363 bits per heavy atom. The van der Waals surface area contributed by atoms with Crippen LogP contribution in [0, 0.1) is 57.3 Å². The number of aromatic amines is 1. The number of nitrogens with zero attached hydrogens (tertiary/aromatic N) is 14. The molecule has 7 aliphatic rings. The van der Waals surface area contributed by atoms with E-state index in [2.05, 4.69) is 315 Å². The Kier molecular flexibility index (Phi) is 40.0. The molecule has 7 aliphatic heterocycles. The molecule has 7 saturated heterocycles. The summed E-state index contributed by atoms with van der Waals surface area (Å²) in [6, 6.07) is 20.9. The molecule has 6 aromatic heterocycles. The van der Waals surface area contributed by atoms with Gasteiger partial charge < -0.3 is 32.7 Å². The number of rotatable bonds is 17. The minimum absolute atomic E-state index is 0.230. The third-order valence-corrected chi connectivity index (χ3v) is 27.4. The average Bonchev–Trinajstić information content (AvgIpc) is 1.56. The molecule has 14 rings (SSSR count). The van der Waals surface area contributed by atoms with Crippen LogP contribution in [0.1, 0.15) is 301 Å². The highest BCUT2D eigenvalue weighted by Gasteiger charge is 2.35. The summed E-state index contributed by atoms with van der Waals surface area (Å²) in [6.07, 6.45) is 42.8. The van der Waals surface area contributed by atoms with E-state index in [4.69, 9.17) is 9.47 Å². The lowest BCUT2D eigenvalue weighted by Gasteiger charge is -2.41. The zero-order chi connectivity index (χ0) is 90.8. The van der Waals surface area contributed by atoms with Crippen molar-refractivity contribution in [3.8, 4) is 11.5 Å². The maximum absolute atomic E-state index is 6.04. The fraction of sp³-hybridized carbons (Fsp3) is 0.729. The number of para-hydroxylation sites is 1. The Morgan fingerprint density at radius 2 is 0.694 bits per heavy atom. The third kappa shape index (κ3) is 35.4. The highest BCUT2D eigenvalue weighted by molar-refractivity contribution is 5.22. The third-order valence-electron chi connectivity index (χ3n) is 27.4. The van der Waals surface area contributed by atoms with Gasteiger partial charge in [-0.1, -0.05) is 39.0 Å². The van der Waals surface area contributed by atoms with Crippen LogP contribution in [0.5, 0.6) is 11.5 Å². The van der Waals surface area contributed by atoms with Gasteiger partial charge in [0.1, 0.15) is 29.5 Å². The van der Waals surface area contributed by atoms with E-state index in [1.54, 1.807) is 6.33 Å². The minimum atomic E-state index is 0.230. The normalized spacial score (nSPS) is 22.4. The van der Waals surface area contributed by atoms with Crippen LogP contribution in [0.3, 0.4) is 0 Å². The molecule has 17 nitrogen and oxygen atoms in total. The lowest BCUT2D eigenvalue weighted by molar-refractivity contribution is 0.0345. The Labute approximate surface area is 758 Å². The molecular formula is C107H183N15O2. The second kappa shape index (κ2) is 48.0. The van der Waals surface area contributed by atoms with Crippen LogP contribution < -0.4 is 9.47 Å². The summed E-state index contributed by atoms with van der Waals surface area (Å²) in [6.45, 7) is 85.3. The SMILES string of the molecule is CC(C)(C)N1CCCC(Oc2ccccc2)C1.CC(C)(C)N1CCC[C@@H](Cc2cnc[nH]2)C1.CCc1ccn(C[C@@H]2CCCN(C(C)(C)C)C2)c1.CCc1ccn(C[C@H]2CCCN(C(C)(C)C)C2)c1.CCc1ccn(C[C@H]2CCCN(C(C)(C)C)C2)c1.Cc1ccc(OC2CCCN(C(C)(C)C)C2)cn1.Cc1nc(C)n(C[C@H]2CCCN(C(C)(C)C)C2)c1C. The molecule has 7 fully saturated rings. The monoisotopic (exact) mass is 1710 g/mol. The molecule has 7 aromatic rings. The Balaban J connectivity index is 0.000000179. The van der Waals surface area contributed by atoms with Gasteiger partial charge in [0.2, 0.25) is 0 Å². The lowest BCUT2D eigenvalue weighted by Crippen LogP contribution is -2.50. The summed E-state index contributed by atoms with van der Waals surface area (Å²) in [5.41, 5.74) is 11.3. The van der Waals surface area contributed by atoms with Crippen LogP contribution in [0.15, 0.2) is 117 Å². The van der Waals surface area contributed by atoms with Crippen molar-refractivity contribution < 1.29 is 9.47 Å². The molecule has 698 valence electrons. The molecule has 0 amide bonds. The van der Waals surface area contributed by atoms with Crippen LogP contribution in [0.25, 0.3) is 0 Å². The fourth-order valence-corrected chi connectivity index (χ4v) is 19.2. The first kappa shape index (κ1) is 103. The largest absolute Gasteiger partial charge is 0.489 e. The van der Waals surface area contributed by atoms with Crippen LogP contribution in [0.4, 0.5) is 0 Å². The van der Waals surface area contributed by atoms with Crippen molar-refractivity contribution in [3.63, 3.8) is 0 Å². The number of H-pyrrole nitrogens is 1. The molecule has 124 heavy (non-hydrogen) atoms. The minimum Gasteiger partial charge on any atom is -0.489 e. The number of hydrogen-bond donors (Lipinski definition) is 1. The van der Waals surface area contributed by atoms with Crippen molar-refractivity contribution in [3.05, 3.63) is 162 Å². The van der Waals surface area contributed by atoms with Crippen molar-refractivity contribution >= 4 is 0 Å². The summed E-state index contributed by atoms with van der Waals surface area (Å²) < 4.78 is 21.6. The van der Waals surface area contributed by atoms with Crippen molar-refractivity contribution in [2.45, 2.75) is 387 Å². The van der Waals surface area contributed by atoms with Crippen LogP contribution >= 0.6 is 0 Å². The second-order valence-corrected chi connectivity index (χ2v) is 45.0. The van der Waals surface area contributed by atoms with Crippen LogP contribution in [0.2, 0.25) is 0 Å². The number of piperidine rings is 7. The van der Waals surface area contributed by atoms with Crippen molar-refractivity contribution in [1.29, 1.82) is 0 Å². The highest BCUT2D eigenvalue weighted by atomic mass is 16.5.